The molecular weight excluding hydrogens is 308 g/mol. The quantitative estimate of drug-likeness (QED) is 0.801. The van der Waals surface area contributed by atoms with Crippen molar-refractivity contribution in [2.75, 3.05) is 13.1 Å². The molecule has 1 aromatic carbocycles. The van der Waals surface area contributed by atoms with Crippen molar-refractivity contribution in [2.45, 2.75) is 32.7 Å². The molecule has 1 N–H and O–H groups in total. The van der Waals surface area contributed by atoms with Crippen molar-refractivity contribution in [3.05, 3.63) is 46.1 Å². The first-order chi connectivity index (χ1) is 11.1. The number of hydrogen-bond donors (Lipinski definition) is 1. The zero-order valence-electron chi connectivity index (χ0n) is 13.4. The van der Waals surface area contributed by atoms with Crippen molar-refractivity contribution in [2.24, 2.45) is 0 Å². The van der Waals surface area contributed by atoms with Gasteiger partial charge in [0.1, 0.15) is 5.82 Å². The van der Waals surface area contributed by atoms with E-state index in [1.165, 1.54) is 35.3 Å². The van der Waals surface area contributed by atoms with Crippen LogP contribution in [0.5, 0.6) is 5.88 Å². The number of fused-ring (bicyclic) bond motifs is 1. The maximum atomic E-state index is 10.7. The summed E-state index contributed by atoms with van der Waals surface area (Å²) < 4.78 is 1.56. The van der Waals surface area contributed by atoms with E-state index in [0.29, 0.717) is 5.82 Å². The first-order valence-electron chi connectivity index (χ1n) is 7.99. The average Bonchev–Trinajstić information content (AvgIpc) is 3.21. The number of aromatic hydroxyl groups is 1. The van der Waals surface area contributed by atoms with E-state index < -0.39 is 0 Å². The lowest BCUT2D eigenvalue weighted by molar-refractivity contribution is 0.277. The first kappa shape index (κ1) is 14.7. The highest BCUT2D eigenvalue weighted by Crippen LogP contribution is 2.41. The van der Waals surface area contributed by atoms with Gasteiger partial charge in [-0.05, 0) is 45.3 Å². The van der Waals surface area contributed by atoms with Crippen LogP contribution in [-0.2, 0) is 0 Å². The summed E-state index contributed by atoms with van der Waals surface area (Å²) in [7, 11) is 0. The molecule has 6 heteroatoms. The number of thiazole rings is 1. The molecule has 3 aromatic rings. The Labute approximate surface area is 139 Å². The number of aromatic nitrogens is 3. The third kappa shape index (κ3) is 2.52. The fourth-order valence-corrected chi connectivity index (χ4v) is 4.56. The van der Waals surface area contributed by atoms with Gasteiger partial charge >= 0.3 is 0 Å². The van der Waals surface area contributed by atoms with E-state index in [9.17, 15) is 5.11 Å². The van der Waals surface area contributed by atoms with Crippen molar-refractivity contribution >= 4 is 16.3 Å². The van der Waals surface area contributed by atoms with Crippen LogP contribution in [0, 0.1) is 13.8 Å². The van der Waals surface area contributed by atoms with Gasteiger partial charge in [0.15, 0.2) is 0 Å². The third-order valence-electron chi connectivity index (χ3n) is 4.42. The number of hydrogen-bond acceptors (Lipinski definition) is 5. The van der Waals surface area contributed by atoms with E-state index in [2.05, 4.69) is 46.2 Å². The molecule has 1 saturated heterocycles. The molecule has 0 aliphatic carbocycles. The van der Waals surface area contributed by atoms with Gasteiger partial charge in [0, 0.05) is 0 Å². The Morgan fingerprint density at radius 3 is 2.70 bits per heavy atom. The van der Waals surface area contributed by atoms with Crippen LogP contribution >= 0.6 is 11.3 Å². The van der Waals surface area contributed by atoms with E-state index in [0.717, 1.165) is 22.9 Å². The van der Waals surface area contributed by atoms with Crippen LogP contribution in [0.25, 0.3) is 4.96 Å². The van der Waals surface area contributed by atoms with Gasteiger partial charge in [-0.25, -0.2) is 4.98 Å². The van der Waals surface area contributed by atoms with Gasteiger partial charge in [-0.1, -0.05) is 41.2 Å². The summed E-state index contributed by atoms with van der Waals surface area (Å²) in [5.41, 5.74) is 2.46. The van der Waals surface area contributed by atoms with E-state index in [-0.39, 0.29) is 11.9 Å². The fourth-order valence-electron chi connectivity index (χ4n) is 3.39. The molecule has 5 nitrogen and oxygen atoms in total. The molecule has 23 heavy (non-hydrogen) atoms. The largest absolute Gasteiger partial charge is 0.492 e. The Hall–Kier alpha value is -1.92. The van der Waals surface area contributed by atoms with Crippen LogP contribution in [0.15, 0.2) is 24.3 Å². The highest BCUT2D eigenvalue weighted by atomic mass is 32.1. The Bertz CT molecular complexity index is 848. The minimum absolute atomic E-state index is 0.0752. The molecule has 1 fully saturated rings. The molecule has 1 aliphatic rings. The van der Waals surface area contributed by atoms with Gasteiger partial charge in [-0.15, -0.1) is 5.10 Å². The molecule has 1 unspecified atom stereocenters. The van der Waals surface area contributed by atoms with Gasteiger partial charge in [-0.2, -0.15) is 4.52 Å². The van der Waals surface area contributed by atoms with Gasteiger partial charge in [-0.3, -0.25) is 4.90 Å². The maximum Gasteiger partial charge on any atom is 0.230 e. The van der Waals surface area contributed by atoms with E-state index >= 15 is 0 Å². The lowest BCUT2D eigenvalue weighted by Gasteiger charge is -2.27. The monoisotopic (exact) mass is 328 g/mol. The lowest BCUT2D eigenvalue weighted by atomic mass is 10.0. The van der Waals surface area contributed by atoms with Gasteiger partial charge in [0.05, 0.1) is 10.9 Å². The molecule has 0 saturated carbocycles. The maximum absolute atomic E-state index is 10.7. The summed E-state index contributed by atoms with van der Waals surface area (Å²) in [6.45, 7) is 6.07. The Balaban J connectivity index is 1.86. The Morgan fingerprint density at radius 1 is 1.22 bits per heavy atom. The second-order valence-electron chi connectivity index (χ2n) is 6.20. The average molecular weight is 328 g/mol. The zero-order chi connectivity index (χ0) is 16.0. The van der Waals surface area contributed by atoms with Crippen LogP contribution in [0.2, 0.25) is 0 Å². The van der Waals surface area contributed by atoms with Gasteiger partial charge in [0.2, 0.25) is 10.8 Å². The highest BCUT2D eigenvalue weighted by molar-refractivity contribution is 7.17. The summed E-state index contributed by atoms with van der Waals surface area (Å²) in [4.78, 5) is 8.55. The Morgan fingerprint density at radius 2 is 2.00 bits per heavy atom. The predicted octanol–water partition coefficient (Wildman–Crippen LogP) is 3.30. The molecular formula is C17H20N4OS. The number of benzene rings is 1. The van der Waals surface area contributed by atoms with Crippen LogP contribution in [-0.4, -0.2) is 37.7 Å². The summed E-state index contributed by atoms with van der Waals surface area (Å²) in [6, 6.07) is 8.63. The fraction of sp³-hybridized carbons (Fsp3) is 0.412. The molecule has 1 atom stereocenters. The molecule has 3 heterocycles. The minimum Gasteiger partial charge on any atom is -0.492 e. The SMILES string of the molecule is Cc1cccc(C(c2sc3nc(C)nn3c2O)N2CCCC2)c1. The molecule has 0 bridgehead atoms. The summed E-state index contributed by atoms with van der Waals surface area (Å²) in [6.07, 6.45) is 2.42. The molecule has 0 radical (unpaired) electrons. The highest BCUT2D eigenvalue weighted by Gasteiger charge is 2.30. The van der Waals surface area contributed by atoms with Crippen LogP contribution < -0.4 is 0 Å². The second kappa shape index (κ2) is 5.62. The number of rotatable bonds is 3. The molecule has 1 aliphatic heterocycles. The summed E-state index contributed by atoms with van der Waals surface area (Å²) in [5, 5.41) is 15.0. The van der Waals surface area contributed by atoms with Crippen molar-refractivity contribution in [3.63, 3.8) is 0 Å². The Kier molecular flexibility index (Phi) is 3.58. The van der Waals surface area contributed by atoms with Crippen molar-refractivity contribution in [3.8, 4) is 5.88 Å². The van der Waals surface area contributed by atoms with E-state index in [1.54, 1.807) is 4.52 Å². The van der Waals surface area contributed by atoms with Gasteiger partial charge in [0.25, 0.3) is 0 Å². The predicted molar refractivity (Wildman–Crippen MR) is 91.1 cm³/mol. The van der Waals surface area contributed by atoms with Crippen molar-refractivity contribution in [1.29, 1.82) is 0 Å². The smallest absolute Gasteiger partial charge is 0.230 e. The topological polar surface area (TPSA) is 53.7 Å². The zero-order valence-corrected chi connectivity index (χ0v) is 14.2. The van der Waals surface area contributed by atoms with Crippen LogP contribution in [0.4, 0.5) is 0 Å². The number of nitrogens with zero attached hydrogens (tertiary/aromatic N) is 4. The molecule has 4 rings (SSSR count). The summed E-state index contributed by atoms with van der Waals surface area (Å²) in [5.74, 6) is 0.912. The molecule has 0 amide bonds. The lowest BCUT2D eigenvalue weighted by Crippen LogP contribution is -2.26. The summed E-state index contributed by atoms with van der Waals surface area (Å²) >= 11 is 1.54. The normalized spacial score (nSPS) is 17.1. The molecule has 0 spiro atoms. The van der Waals surface area contributed by atoms with Crippen molar-refractivity contribution < 1.29 is 5.11 Å². The minimum atomic E-state index is 0.0752. The van der Waals surface area contributed by atoms with Gasteiger partial charge < -0.3 is 5.11 Å². The van der Waals surface area contributed by atoms with Crippen LogP contribution in [0.3, 0.4) is 0 Å². The van der Waals surface area contributed by atoms with E-state index in [1.807, 2.05) is 6.92 Å². The van der Waals surface area contributed by atoms with Crippen molar-refractivity contribution in [1.82, 2.24) is 19.5 Å². The second-order valence-corrected chi connectivity index (χ2v) is 7.21. The molecule has 120 valence electrons. The molecule has 2 aromatic heterocycles. The van der Waals surface area contributed by atoms with Crippen LogP contribution in [0.1, 0.15) is 40.7 Å². The number of aryl methyl sites for hydroxylation is 2. The first-order valence-corrected chi connectivity index (χ1v) is 8.81. The number of likely N-dealkylation sites (tertiary alicyclic amines) is 1. The standard InChI is InChI=1S/C17H20N4OS/c1-11-6-5-7-13(10-11)14(20-8-3-4-9-20)15-16(22)21-17(23-15)18-12(2)19-21/h5-7,10,14,22H,3-4,8-9H2,1-2H3. The van der Waals surface area contributed by atoms with E-state index in [4.69, 9.17) is 0 Å². The third-order valence-corrected chi connectivity index (χ3v) is 5.49.